The first-order valence-corrected chi connectivity index (χ1v) is 4.86. The maximum atomic E-state index is 11.6. The highest BCUT2D eigenvalue weighted by molar-refractivity contribution is 5.94. The molecule has 1 heterocycles. The molecule has 1 aliphatic rings. The lowest BCUT2D eigenvalue weighted by Crippen LogP contribution is -2.29. The van der Waals surface area contributed by atoms with Crippen LogP contribution in [-0.4, -0.2) is 48.0 Å². The van der Waals surface area contributed by atoms with Gasteiger partial charge in [0, 0.05) is 0 Å². The number of carbonyl (C=O) groups is 3. The van der Waals surface area contributed by atoms with Gasteiger partial charge in [0.25, 0.3) is 0 Å². The van der Waals surface area contributed by atoms with Crippen molar-refractivity contribution >= 4 is 18.3 Å². The van der Waals surface area contributed by atoms with Crippen LogP contribution in [0.25, 0.3) is 0 Å². The molecule has 0 saturated carbocycles. The molecule has 2 atom stereocenters. The molecule has 1 saturated heterocycles. The van der Waals surface area contributed by atoms with Crippen molar-refractivity contribution in [3.8, 4) is 0 Å². The van der Waals surface area contributed by atoms with E-state index in [0.29, 0.717) is 6.29 Å². The van der Waals surface area contributed by atoms with Crippen molar-refractivity contribution in [3.63, 3.8) is 0 Å². The Bertz CT molecular complexity index is 320. The van der Waals surface area contributed by atoms with Crippen molar-refractivity contribution in [2.45, 2.75) is 38.5 Å². The first kappa shape index (κ1) is 12.5. The maximum Gasteiger partial charge on any atom is 0.411 e. The Kier molecular flexibility index (Phi) is 3.21. The molecule has 0 aromatic carbocycles. The van der Waals surface area contributed by atoms with E-state index < -0.39 is 29.7 Å². The standard InChI is InChI=1S/C10H15NO5/c1-10(2,3)16-9(14)11-6(5-12)7(11)8(13)15-4/h5-7H,1-4H3/t6-,7+,11?/m1/s1. The van der Waals surface area contributed by atoms with Crippen LogP contribution in [0.3, 0.4) is 0 Å². The lowest BCUT2D eigenvalue weighted by atomic mass is 10.2. The van der Waals surface area contributed by atoms with Gasteiger partial charge in [-0.15, -0.1) is 0 Å². The molecule has 1 amide bonds. The molecule has 1 aliphatic heterocycles. The minimum absolute atomic E-state index is 0.533. The lowest BCUT2D eigenvalue weighted by Gasteiger charge is -2.19. The molecule has 1 rings (SSSR count). The molecule has 6 heteroatoms. The third-order valence-electron chi connectivity index (χ3n) is 2.04. The molecule has 16 heavy (non-hydrogen) atoms. The number of aldehydes is 1. The van der Waals surface area contributed by atoms with E-state index in [4.69, 9.17) is 4.74 Å². The molecule has 0 N–H and O–H groups in total. The van der Waals surface area contributed by atoms with Crippen molar-refractivity contribution in [1.82, 2.24) is 4.90 Å². The zero-order valence-electron chi connectivity index (χ0n) is 9.72. The van der Waals surface area contributed by atoms with Gasteiger partial charge in [-0.25, -0.2) is 9.59 Å². The van der Waals surface area contributed by atoms with Gasteiger partial charge < -0.3 is 14.3 Å². The predicted molar refractivity (Wildman–Crippen MR) is 53.7 cm³/mol. The molecular formula is C10H15NO5. The first-order valence-electron chi connectivity index (χ1n) is 4.86. The first-order chi connectivity index (χ1) is 7.31. The van der Waals surface area contributed by atoms with Crippen LogP contribution in [0.4, 0.5) is 4.79 Å². The van der Waals surface area contributed by atoms with Crippen LogP contribution in [0.1, 0.15) is 20.8 Å². The highest BCUT2D eigenvalue weighted by Gasteiger charge is 2.58. The van der Waals surface area contributed by atoms with Gasteiger partial charge in [0.15, 0.2) is 6.04 Å². The number of esters is 1. The Morgan fingerprint density at radius 1 is 1.31 bits per heavy atom. The van der Waals surface area contributed by atoms with E-state index in [1.807, 2.05) is 0 Å². The Labute approximate surface area is 93.5 Å². The van der Waals surface area contributed by atoms with Crippen LogP contribution in [0, 0.1) is 0 Å². The fraction of sp³-hybridized carbons (Fsp3) is 0.700. The van der Waals surface area contributed by atoms with E-state index in [2.05, 4.69) is 4.74 Å². The quantitative estimate of drug-likeness (QED) is 0.388. The molecule has 0 bridgehead atoms. The van der Waals surface area contributed by atoms with Crippen LogP contribution in [0.15, 0.2) is 0 Å². The Morgan fingerprint density at radius 3 is 2.25 bits per heavy atom. The summed E-state index contributed by atoms with van der Waals surface area (Å²) in [6, 6.07) is -1.60. The third-order valence-corrected chi connectivity index (χ3v) is 2.04. The van der Waals surface area contributed by atoms with Gasteiger partial charge in [-0.1, -0.05) is 0 Å². The third kappa shape index (κ3) is 2.50. The Hall–Kier alpha value is -1.59. The zero-order valence-corrected chi connectivity index (χ0v) is 9.72. The summed E-state index contributed by atoms with van der Waals surface area (Å²) in [6.07, 6.45) is -0.147. The van der Waals surface area contributed by atoms with Gasteiger partial charge in [-0.05, 0) is 20.8 Å². The number of methoxy groups -OCH3 is 1. The molecule has 0 radical (unpaired) electrons. The Balaban J connectivity index is 2.65. The van der Waals surface area contributed by atoms with E-state index in [9.17, 15) is 14.4 Å². The SMILES string of the molecule is COC(=O)[C@@H]1[C@@H](C=O)N1C(=O)OC(C)(C)C. The van der Waals surface area contributed by atoms with Gasteiger partial charge >= 0.3 is 12.1 Å². The predicted octanol–water partition coefficient (Wildman–Crippen LogP) is 0.346. The normalized spacial score (nSPS) is 23.6. The van der Waals surface area contributed by atoms with Crippen LogP contribution < -0.4 is 0 Å². The fourth-order valence-electron chi connectivity index (χ4n) is 1.31. The van der Waals surface area contributed by atoms with Crippen LogP contribution >= 0.6 is 0 Å². The van der Waals surface area contributed by atoms with E-state index in [-0.39, 0.29) is 0 Å². The number of carbonyl (C=O) groups excluding carboxylic acids is 3. The smallest absolute Gasteiger partial charge is 0.411 e. The van der Waals surface area contributed by atoms with E-state index in [1.54, 1.807) is 20.8 Å². The highest BCUT2D eigenvalue weighted by Crippen LogP contribution is 2.30. The summed E-state index contributed by atoms with van der Waals surface area (Å²) in [5.74, 6) is -0.608. The van der Waals surface area contributed by atoms with Crippen LogP contribution in [0.2, 0.25) is 0 Å². The van der Waals surface area contributed by atoms with Gasteiger partial charge in [-0.3, -0.25) is 4.90 Å². The molecule has 0 aromatic rings. The second-order valence-electron chi connectivity index (χ2n) is 4.48. The topological polar surface area (TPSA) is 72.7 Å². The van der Waals surface area contributed by atoms with Crippen molar-refractivity contribution in [3.05, 3.63) is 0 Å². The summed E-state index contributed by atoms with van der Waals surface area (Å²) in [5.41, 5.74) is -0.659. The minimum Gasteiger partial charge on any atom is -0.467 e. The van der Waals surface area contributed by atoms with Gasteiger partial charge in [0.05, 0.1) is 7.11 Å². The summed E-state index contributed by atoms with van der Waals surface area (Å²) >= 11 is 0. The molecule has 90 valence electrons. The molecule has 1 fully saturated rings. The summed E-state index contributed by atoms with van der Waals surface area (Å²) in [7, 11) is 1.20. The van der Waals surface area contributed by atoms with Crippen LogP contribution in [0.5, 0.6) is 0 Å². The van der Waals surface area contributed by atoms with Crippen molar-refractivity contribution in [2.75, 3.05) is 7.11 Å². The van der Waals surface area contributed by atoms with Crippen molar-refractivity contribution in [1.29, 1.82) is 0 Å². The molecule has 0 spiro atoms. The average molecular weight is 229 g/mol. The second kappa shape index (κ2) is 4.11. The minimum atomic E-state index is -0.836. The van der Waals surface area contributed by atoms with E-state index in [1.165, 1.54) is 7.11 Å². The lowest BCUT2D eigenvalue weighted by molar-refractivity contribution is -0.141. The maximum absolute atomic E-state index is 11.6. The zero-order chi connectivity index (χ0) is 12.5. The van der Waals surface area contributed by atoms with E-state index in [0.717, 1.165) is 4.90 Å². The number of ether oxygens (including phenoxy) is 2. The van der Waals surface area contributed by atoms with Gasteiger partial charge in [-0.2, -0.15) is 0 Å². The number of hydrogen-bond donors (Lipinski definition) is 0. The van der Waals surface area contributed by atoms with Gasteiger partial charge in [0.1, 0.15) is 17.9 Å². The number of amides is 1. The molecule has 6 nitrogen and oxygen atoms in total. The number of rotatable bonds is 2. The highest BCUT2D eigenvalue weighted by atomic mass is 16.6. The average Bonchev–Trinajstić information content (AvgIpc) is 2.87. The van der Waals surface area contributed by atoms with Gasteiger partial charge in [0.2, 0.25) is 0 Å². The largest absolute Gasteiger partial charge is 0.467 e. The van der Waals surface area contributed by atoms with Crippen molar-refractivity contribution in [2.24, 2.45) is 0 Å². The van der Waals surface area contributed by atoms with Crippen LogP contribution in [-0.2, 0) is 19.1 Å². The molecular weight excluding hydrogens is 214 g/mol. The summed E-state index contributed by atoms with van der Waals surface area (Å²) in [5, 5.41) is 0. The summed E-state index contributed by atoms with van der Waals surface area (Å²) in [6.45, 7) is 5.12. The fourth-order valence-corrected chi connectivity index (χ4v) is 1.31. The summed E-state index contributed by atoms with van der Waals surface area (Å²) < 4.78 is 9.51. The molecule has 0 aliphatic carbocycles. The Morgan fingerprint density at radius 2 is 1.88 bits per heavy atom. The monoisotopic (exact) mass is 229 g/mol. The molecule has 0 unspecified atom stereocenters. The number of nitrogens with zero attached hydrogens (tertiary/aromatic N) is 1. The summed E-state index contributed by atoms with van der Waals surface area (Å²) in [4.78, 5) is 34.4. The van der Waals surface area contributed by atoms with Crippen molar-refractivity contribution < 1.29 is 23.9 Å². The number of hydrogen-bond acceptors (Lipinski definition) is 5. The van der Waals surface area contributed by atoms with E-state index >= 15 is 0 Å². The second-order valence-corrected chi connectivity index (χ2v) is 4.48. The molecule has 0 aromatic heterocycles.